The molecule has 1 aliphatic carbocycles. The number of aromatic nitrogens is 2. The van der Waals surface area contributed by atoms with Gasteiger partial charge in [-0.1, -0.05) is 19.3 Å². The Hall–Kier alpha value is -1.71. The lowest BCUT2D eigenvalue weighted by molar-refractivity contribution is 0.323. The first-order chi connectivity index (χ1) is 8.34. The molecule has 17 heavy (non-hydrogen) atoms. The molecule has 1 N–H and O–H groups in total. The Morgan fingerprint density at radius 1 is 1.29 bits per heavy atom. The van der Waals surface area contributed by atoms with Gasteiger partial charge >= 0.3 is 0 Å². The van der Waals surface area contributed by atoms with Crippen LogP contribution in [-0.2, 0) is 0 Å². The number of aromatic amines is 1. The van der Waals surface area contributed by atoms with Gasteiger partial charge in [0.2, 0.25) is 0 Å². The molecule has 0 amide bonds. The topological polar surface area (TPSA) is 50.9 Å². The van der Waals surface area contributed by atoms with Crippen LogP contribution in [0.15, 0.2) is 33.7 Å². The maximum Gasteiger partial charge on any atom is 0.267 e. The molecule has 4 heteroatoms. The lowest BCUT2D eigenvalue weighted by Crippen LogP contribution is -2.23. The van der Waals surface area contributed by atoms with Crippen molar-refractivity contribution in [2.45, 2.75) is 38.1 Å². The van der Waals surface area contributed by atoms with Crippen molar-refractivity contribution in [3.05, 3.63) is 34.8 Å². The van der Waals surface area contributed by atoms with E-state index in [0.717, 1.165) is 24.3 Å². The van der Waals surface area contributed by atoms with Crippen LogP contribution in [0.3, 0.4) is 0 Å². The first kappa shape index (κ1) is 10.4. The maximum atomic E-state index is 11.9. The Bertz CT molecular complexity index is 530. The molecule has 0 bridgehead atoms. The summed E-state index contributed by atoms with van der Waals surface area (Å²) in [7, 11) is 0. The molecule has 0 aromatic carbocycles. The van der Waals surface area contributed by atoms with E-state index in [-0.39, 0.29) is 5.56 Å². The largest absolute Gasteiger partial charge is 0.463 e. The van der Waals surface area contributed by atoms with E-state index in [0.29, 0.717) is 6.04 Å². The van der Waals surface area contributed by atoms with Crippen molar-refractivity contribution in [1.82, 2.24) is 9.78 Å². The van der Waals surface area contributed by atoms with Gasteiger partial charge in [-0.15, -0.1) is 0 Å². The molecule has 0 atom stereocenters. The molecule has 0 spiro atoms. The van der Waals surface area contributed by atoms with E-state index in [9.17, 15) is 4.79 Å². The van der Waals surface area contributed by atoms with E-state index < -0.39 is 0 Å². The van der Waals surface area contributed by atoms with Crippen molar-refractivity contribution in [1.29, 1.82) is 0 Å². The Morgan fingerprint density at radius 3 is 2.82 bits per heavy atom. The number of nitrogens with one attached hydrogen (secondary N) is 1. The first-order valence-corrected chi connectivity index (χ1v) is 6.20. The van der Waals surface area contributed by atoms with Gasteiger partial charge in [0.05, 0.1) is 12.3 Å². The summed E-state index contributed by atoms with van der Waals surface area (Å²) >= 11 is 0. The van der Waals surface area contributed by atoms with Crippen LogP contribution in [0, 0.1) is 0 Å². The summed E-state index contributed by atoms with van der Waals surface area (Å²) in [5, 5.41) is 3.16. The summed E-state index contributed by atoms with van der Waals surface area (Å²) in [5.74, 6) is 0.719. The predicted molar refractivity (Wildman–Crippen MR) is 64.9 cm³/mol. The van der Waals surface area contributed by atoms with Gasteiger partial charge in [0.25, 0.3) is 5.56 Å². The number of nitrogens with zero attached hydrogens (tertiary/aromatic N) is 1. The Labute approximate surface area is 99.2 Å². The molecule has 3 rings (SSSR count). The fourth-order valence-electron chi connectivity index (χ4n) is 2.58. The third kappa shape index (κ3) is 1.95. The fourth-order valence-corrected chi connectivity index (χ4v) is 2.58. The van der Waals surface area contributed by atoms with Crippen LogP contribution in [-0.4, -0.2) is 9.78 Å². The highest BCUT2D eigenvalue weighted by molar-refractivity contribution is 5.50. The maximum absolute atomic E-state index is 11.9. The third-order valence-corrected chi connectivity index (χ3v) is 3.47. The van der Waals surface area contributed by atoms with Crippen LogP contribution in [0.4, 0.5) is 0 Å². The Balaban J connectivity index is 1.93. The smallest absolute Gasteiger partial charge is 0.267 e. The van der Waals surface area contributed by atoms with Crippen LogP contribution >= 0.6 is 0 Å². The molecular formula is C13H16N2O2. The standard InChI is InChI=1S/C13H16N2O2/c16-13-9-11(12-7-4-8-17-12)14-15(13)10-5-2-1-3-6-10/h4,7-10,14H,1-3,5-6H2. The van der Waals surface area contributed by atoms with Gasteiger partial charge in [0.1, 0.15) is 5.69 Å². The van der Waals surface area contributed by atoms with Crippen LogP contribution in [0.25, 0.3) is 11.5 Å². The third-order valence-electron chi connectivity index (χ3n) is 3.47. The summed E-state index contributed by atoms with van der Waals surface area (Å²) in [6.07, 6.45) is 7.52. The van der Waals surface area contributed by atoms with E-state index in [1.165, 1.54) is 19.3 Å². The molecule has 2 aromatic rings. The molecular weight excluding hydrogens is 216 g/mol. The summed E-state index contributed by atoms with van der Waals surface area (Å²) in [6, 6.07) is 5.63. The quantitative estimate of drug-likeness (QED) is 0.865. The zero-order valence-corrected chi connectivity index (χ0v) is 9.69. The zero-order chi connectivity index (χ0) is 11.7. The SMILES string of the molecule is O=c1cc(-c2ccco2)[nH]n1C1CCCCC1. The normalized spacial score (nSPS) is 17.4. The van der Waals surface area contributed by atoms with E-state index in [2.05, 4.69) is 5.10 Å². The first-order valence-electron chi connectivity index (χ1n) is 6.20. The molecule has 90 valence electrons. The minimum absolute atomic E-state index is 0.0447. The average Bonchev–Trinajstić information content (AvgIpc) is 2.99. The summed E-state index contributed by atoms with van der Waals surface area (Å²) < 4.78 is 7.05. The Morgan fingerprint density at radius 2 is 2.12 bits per heavy atom. The monoisotopic (exact) mass is 232 g/mol. The molecule has 0 saturated heterocycles. The molecule has 1 aliphatic rings. The van der Waals surface area contributed by atoms with Gasteiger partial charge in [-0.2, -0.15) is 0 Å². The summed E-state index contributed by atoms with van der Waals surface area (Å²) in [5.41, 5.74) is 0.814. The highest BCUT2D eigenvalue weighted by atomic mass is 16.3. The van der Waals surface area contributed by atoms with Crippen molar-refractivity contribution in [2.75, 3.05) is 0 Å². The average molecular weight is 232 g/mol. The minimum Gasteiger partial charge on any atom is -0.463 e. The van der Waals surface area contributed by atoms with E-state index in [4.69, 9.17) is 4.42 Å². The van der Waals surface area contributed by atoms with Crippen molar-refractivity contribution >= 4 is 0 Å². The van der Waals surface area contributed by atoms with Gasteiger partial charge in [-0.25, -0.2) is 4.68 Å². The van der Waals surface area contributed by atoms with E-state index in [1.54, 1.807) is 17.0 Å². The van der Waals surface area contributed by atoms with Gasteiger partial charge in [-0.3, -0.25) is 9.89 Å². The molecule has 0 aliphatic heterocycles. The second-order valence-electron chi connectivity index (χ2n) is 4.65. The number of hydrogen-bond donors (Lipinski definition) is 1. The highest BCUT2D eigenvalue weighted by Crippen LogP contribution is 2.27. The molecule has 1 fully saturated rings. The molecule has 1 saturated carbocycles. The molecule has 2 heterocycles. The predicted octanol–water partition coefficient (Wildman–Crippen LogP) is 2.94. The Kier molecular flexibility index (Phi) is 2.63. The number of H-pyrrole nitrogens is 1. The van der Waals surface area contributed by atoms with Crippen LogP contribution in [0.5, 0.6) is 0 Å². The molecule has 0 unspecified atom stereocenters. The van der Waals surface area contributed by atoms with Crippen LogP contribution in [0.2, 0.25) is 0 Å². The second-order valence-corrected chi connectivity index (χ2v) is 4.65. The van der Waals surface area contributed by atoms with E-state index in [1.807, 2.05) is 12.1 Å². The van der Waals surface area contributed by atoms with E-state index >= 15 is 0 Å². The van der Waals surface area contributed by atoms with Gasteiger partial charge in [0, 0.05) is 6.07 Å². The lowest BCUT2D eigenvalue weighted by atomic mass is 9.96. The van der Waals surface area contributed by atoms with Crippen molar-refractivity contribution in [3.8, 4) is 11.5 Å². The second kappa shape index (κ2) is 4.28. The molecule has 2 aromatic heterocycles. The van der Waals surface area contributed by atoms with Crippen LogP contribution < -0.4 is 5.56 Å². The minimum atomic E-state index is 0.0447. The highest BCUT2D eigenvalue weighted by Gasteiger charge is 2.18. The van der Waals surface area contributed by atoms with Gasteiger partial charge in [0.15, 0.2) is 5.76 Å². The van der Waals surface area contributed by atoms with Gasteiger partial charge in [-0.05, 0) is 25.0 Å². The van der Waals surface area contributed by atoms with Crippen molar-refractivity contribution in [2.24, 2.45) is 0 Å². The summed E-state index contributed by atoms with van der Waals surface area (Å²) in [6.45, 7) is 0. The van der Waals surface area contributed by atoms with Crippen LogP contribution in [0.1, 0.15) is 38.1 Å². The van der Waals surface area contributed by atoms with Gasteiger partial charge < -0.3 is 4.42 Å². The van der Waals surface area contributed by atoms with Crippen molar-refractivity contribution < 1.29 is 4.42 Å². The number of furan rings is 1. The molecule has 0 radical (unpaired) electrons. The zero-order valence-electron chi connectivity index (χ0n) is 9.69. The number of hydrogen-bond acceptors (Lipinski definition) is 2. The lowest BCUT2D eigenvalue weighted by Gasteiger charge is -2.21. The van der Waals surface area contributed by atoms with Crippen molar-refractivity contribution in [3.63, 3.8) is 0 Å². The number of rotatable bonds is 2. The summed E-state index contributed by atoms with van der Waals surface area (Å²) in [4.78, 5) is 11.9. The fraction of sp³-hybridized carbons (Fsp3) is 0.462. The molecule has 4 nitrogen and oxygen atoms in total.